The van der Waals surface area contributed by atoms with E-state index in [1.165, 1.54) is 0 Å². The Balaban J connectivity index is 1.56. The number of rotatable bonds is 5. The summed E-state index contributed by atoms with van der Waals surface area (Å²) in [7, 11) is 0. The first-order valence-corrected chi connectivity index (χ1v) is 8.36. The van der Waals surface area contributed by atoms with Gasteiger partial charge in [-0.3, -0.25) is 9.59 Å². The van der Waals surface area contributed by atoms with Crippen LogP contribution < -0.4 is 10.6 Å². The summed E-state index contributed by atoms with van der Waals surface area (Å²) in [5, 5.41) is 6.86. The Morgan fingerprint density at radius 2 is 1.68 bits per heavy atom. The number of para-hydroxylation sites is 2. The van der Waals surface area contributed by atoms with Gasteiger partial charge in [-0.1, -0.05) is 47.5 Å². The number of H-pyrrole nitrogens is 1. The van der Waals surface area contributed by atoms with E-state index in [2.05, 4.69) is 15.6 Å². The van der Waals surface area contributed by atoms with Gasteiger partial charge in [-0.2, -0.15) is 0 Å². The van der Waals surface area contributed by atoms with Crippen molar-refractivity contribution in [2.75, 3.05) is 11.9 Å². The van der Waals surface area contributed by atoms with Crippen LogP contribution in [0.25, 0.3) is 10.9 Å². The molecule has 7 heteroatoms. The molecule has 2 aromatic carbocycles. The van der Waals surface area contributed by atoms with Crippen LogP contribution in [0.15, 0.2) is 48.7 Å². The number of carbonyl (C=O) groups excluding carboxylic acids is 2. The molecule has 128 valence electrons. The summed E-state index contributed by atoms with van der Waals surface area (Å²) < 4.78 is 0. The van der Waals surface area contributed by atoms with Gasteiger partial charge < -0.3 is 15.6 Å². The second kappa shape index (κ2) is 7.59. The van der Waals surface area contributed by atoms with Gasteiger partial charge in [0.05, 0.1) is 28.7 Å². The molecule has 3 aromatic rings. The number of nitrogens with one attached hydrogen (secondary N) is 3. The summed E-state index contributed by atoms with van der Waals surface area (Å²) in [6, 6.07) is 12.7. The molecule has 5 nitrogen and oxygen atoms in total. The van der Waals surface area contributed by atoms with Crippen LogP contribution in [0.4, 0.5) is 5.69 Å². The fraction of sp³-hybridized carbons (Fsp3) is 0.111. The Labute approximate surface area is 154 Å². The monoisotopic (exact) mass is 375 g/mol. The highest BCUT2D eigenvalue weighted by Gasteiger charge is 2.12. The zero-order valence-corrected chi connectivity index (χ0v) is 14.6. The van der Waals surface area contributed by atoms with E-state index >= 15 is 0 Å². The Kier molecular flexibility index (Phi) is 5.26. The van der Waals surface area contributed by atoms with E-state index in [0.29, 0.717) is 15.7 Å². The van der Waals surface area contributed by atoms with E-state index in [1.54, 1.807) is 24.4 Å². The van der Waals surface area contributed by atoms with Crippen LogP contribution in [-0.2, 0) is 16.0 Å². The number of carbonyl (C=O) groups is 2. The number of hydrogen-bond donors (Lipinski definition) is 3. The first-order chi connectivity index (χ1) is 12.0. The Bertz CT molecular complexity index is 917. The minimum Gasteiger partial charge on any atom is -0.361 e. The number of amides is 2. The number of hydrogen-bond acceptors (Lipinski definition) is 2. The van der Waals surface area contributed by atoms with Crippen molar-refractivity contribution in [3.05, 3.63) is 64.3 Å². The molecule has 0 saturated heterocycles. The molecule has 0 spiro atoms. The lowest BCUT2D eigenvalue weighted by Crippen LogP contribution is -2.33. The number of fused-ring (bicyclic) bond motifs is 1. The van der Waals surface area contributed by atoms with Crippen LogP contribution in [0.5, 0.6) is 0 Å². The van der Waals surface area contributed by atoms with E-state index < -0.39 is 5.91 Å². The second-order valence-electron chi connectivity index (χ2n) is 5.46. The van der Waals surface area contributed by atoms with Crippen LogP contribution in [-0.4, -0.2) is 23.3 Å². The third-order valence-electron chi connectivity index (χ3n) is 3.70. The molecule has 0 unspecified atom stereocenters. The van der Waals surface area contributed by atoms with Crippen molar-refractivity contribution in [3.8, 4) is 0 Å². The number of aromatic amines is 1. The molecule has 0 aliphatic carbocycles. The maximum atomic E-state index is 12.1. The maximum absolute atomic E-state index is 12.1. The van der Waals surface area contributed by atoms with Crippen molar-refractivity contribution in [2.24, 2.45) is 0 Å². The minimum absolute atomic E-state index is 0.164. The van der Waals surface area contributed by atoms with E-state index in [4.69, 9.17) is 23.2 Å². The Hall–Kier alpha value is -2.50. The van der Waals surface area contributed by atoms with Crippen molar-refractivity contribution < 1.29 is 9.59 Å². The number of aromatic nitrogens is 1. The molecular weight excluding hydrogens is 361 g/mol. The molecular formula is C18H15Cl2N3O2. The molecule has 3 N–H and O–H groups in total. The molecule has 0 saturated carbocycles. The number of halogens is 2. The molecule has 0 aliphatic rings. The largest absolute Gasteiger partial charge is 0.361 e. The van der Waals surface area contributed by atoms with Gasteiger partial charge in [-0.05, 0) is 23.8 Å². The molecule has 0 radical (unpaired) electrons. The topological polar surface area (TPSA) is 74.0 Å². The van der Waals surface area contributed by atoms with Gasteiger partial charge in [0.2, 0.25) is 11.8 Å². The summed E-state index contributed by atoms with van der Waals surface area (Å²) in [5.74, 6) is -0.646. The van der Waals surface area contributed by atoms with Crippen LogP contribution in [0.2, 0.25) is 10.0 Å². The summed E-state index contributed by atoms with van der Waals surface area (Å²) in [6.07, 6.45) is 1.98. The molecule has 2 amide bonds. The SMILES string of the molecule is O=C(Cc1c[nH]c2ccccc12)NCC(=O)Nc1c(Cl)cccc1Cl. The predicted molar refractivity (Wildman–Crippen MR) is 100 cm³/mol. The van der Waals surface area contributed by atoms with E-state index in [9.17, 15) is 9.59 Å². The molecule has 3 rings (SSSR count). The summed E-state index contributed by atoms with van der Waals surface area (Å²) >= 11 is 12.0. The lowest BCUT2D eigenvalue weighted by atomic mass is 10.1. The predicted octanol–water partition coefficient (Wildman–Crippen LogP) is 3.77. The summed E-state index contributed by atoms with van der Waals surface area (Å²) in [6.45, 7) is -0.164. The highest BCUT2D eigenvalue weighted by Crippen LogP contribution is 2.29. The fourth-order valence-electron chi connectivity index (χ4n) is 2.49. The normalized spacial score (nSPS) is 10.6. The molecule has 1 heterocycles. The molecule has 0 aliphatic heterocycles. The fourth-order valence-corrected chi connectivity index (χ4v) is 2.98. The highest BCUT2D eigenvalue weighted by atomic mass is 35.5. The minimum atomic E-state index is -0.401. The zero-order valence-electron chi connectivity index (χ0n) is 13.1. The third-order valence-corrected chi connectivity index (χ3v) is 4.33. The smallest absolute Gasteiger partial charge is 0.243 e. The quantitative estimate of drug-likeness (QED) is 0.634. The van der Waals surface area contributed by atoms with Gasteiger partial charge in [-0.15, -0.1) is 0 Å². The van der Waals surface area contributed by atoms with Crippen molar-refractivity contribution in [2.45, 2.75) is 6.42 Å². The van der Waals surface area contributed by atoms with Crippen LogP contribution in [0, 0.1) is 0 Å². The van der Waals surface area contributed by atoms with Gasteiger partial charge in [0.25, 0.3) is 0 Å². The molecule has 0 atom stereocenters. The molecule has 25 heavy (non-hydrogen) atoms. The second-order valence-corrected chi connectivity index (χ2v) is 6.27. The van der Waals surface area contributed by atoms with Gasteiger partial charge in [-0.25, -0.2) is 0 Å². The lowest BCUT2D eigenvalue weighted by Gasteiger charge is -2.09. The molecule has 0 bridgehead atoms. The summed E-state index contributed by atoms with van der Waals surface area (Å²) in [5.41, 5.74) is 2.18. The van der Waals surface area contributed by atoms with Crippen LogP contribution in [0.1, 0.15) is 5.56 Å². The van der Waals surface area contributed by atoms with E-state index in [-0.39, 0.29) is 18.9 Å². The van der Waals surface area contributed by atoms with Gasteiger partial charge in [0.1, 0.15) is 0 Å². The third kappa shape index (κ3) is 4.13. The number of benzene rings is 2. The van der Waals surface area contributed by atoms with E-state index in [0.717, 1.165) is 16.5 Å². The molecule has 0 fully saturated rings. The van der Waals surface area contributed by atoms with Crippen LogP contribution >= 0.6 is 23.2 Å². The molecule has 1 aromatic heterocycles. The average Bonchev–Trinajstić information content (AvgIpc) is 3.00. The van der Waals surface area contributed by atoms with Crippen molar-refractivity contribution in [1.29, 1.82) is 0 Å². The van der Waals surface area contributed by atoms with Gasteiger partial charge in [0, 0.05) is 17.1 Å². The van der Waals surface area contributed by atoms with Crippen molar-refractivity contribution >= 4 is 51.6 Å². The Morgan fingerprint density at radius 3 is 2.44 bits per heavy atom. The zero-order chi connectivity index (χ0) is 17.8. The van der Waals surface area contributed by atoms with Gasteiger partial charge >= 0.3 is 0 Å². The summed E-state index contributed by atoms with van der Waals surface area (Å²) in [4.78, 5) is 27.2. The maximum Gasteiger partial charge on any atom is 0.243 e. The van der Waals surface area contributed by atoms with Crippen molar-refractivity contribution in [1.82, 2.24) is 10.3 Å². The number of anilines is 1. The Morgan fingerprint density at radius 1 is 0.960 bits per heavy atom. The van der Waals surface area contributed by atoms with Crippen LogP contribution in [0.3, 0.4) is 0 Å². The van der Waals surface area contributed by atoms with E-state index in [1.807, 2.05) is 24.3 Å². The highest BCUT2D eigenvalue weighted by molar-refractivity contribution is 6.39. The average molecular weight is 376 g/mol. The van der Waals surface area contributed by atoms with Crippen molar-refractivity contribution in [3.63, 3.8) is 0 Å². The lowest BCUT2D eigenvalue weighted by molar-refractivity contribution is -0.123. The standard InChI is InChI=1S/C18H15Cl2N3O2/c19-13-5-3-6-14(20)18(13)23-17(25)10-22-16(24)8-11-9-21-15-7-2-1-4-12(11)15/h1-7,9,21H,8,10H2,(H,22,24)(H,23,25). The van der Waals surface area contributed by atoms with Gasteiger partial charge in [0.15, 0.2) is 0 Å². The first-order valence-electron chi connectivity index (χ1n) is 7.60. The first kappa shape index (κ1) is 17.3.